The topological polar surface area (TPSA) is 72.7 Å². The van der Waals surface area contributed by atoms with Gasteiger partial charge in [0, 0.05) is 6.54 Å². The summed E-state index contributed by atoms with van der Waals surface area (Å²) in [6.07, 6.45) is 10.6. The number of thioether (sulfide) groups is 1. The van der Waals surface area contributed by atoms with Crippen molar-refractivity contribution in [1.82, 2.24) is 25.5 Å². The van der Waals surface area contributed by atoms with E-state index in [0.717, 1.165) is 31.0 Å². The Hall–Kier alpha value is -1.37. The van der Waals surface area contributed by atoms with Gasteiger partial charge in [-0.3, -0.25) is 4.79 Å². The molecule has 21 heavy (non-hydrogen) atoms. The van der Waals surface area contributed by atoms with Gasteiger partial charge in [-0.1, -0.05) is 23.4 Å². The van der Waals surface area contributed by atoms with Crippen molar-refractivity contribution in [3.8, 4) is 0 Å². The van der Waals surface area contributed by atoms with E-state index >= 15 is 0 Å². The van der Waals surface area contributed by atoms with Crippen molar-refractivity contribution in [3.63, 3.8) is 0 Å². The summed E-state index contributed by atoms with van der Waals surface area (Å²) in [5.74, 6) is 0.438. The van der Waals surface area contributed by atoms with Crippen molar-refractivity contribution in [2.75, 3.05) is 12.3 Å². The molecule has 114 valence electrons. The molecule has 1 heterocycles. The lowest BCUT2D eigenvalue weighted by atomic mass is 9.97. The van der Waals surface area contributed by atoms with Crippen LogP contribution in [-0.2, 0) is 4.79 Å². The molecular weight excluding hydrogens is 286 g/mol. The first-order valence-electron chi connectivity index (χ1n) is 7.68. The van der Waals surface area contributed by atoms with Crippen LogP contribution < -0.4 is 5.32 Å². The van der Waals surface area contributed by atoms with Crippen molar-refractivity contribution >= 4 is 17.7 Å². The number of nitrogens with zero attached hydrogens (tertiary/aromatic N) is 4. The van der Waals surface area contributed by atoms with E-state index in [1.807, 2.05) is 4.68 Å². The highest BCUT2D eigenvalue weighted by molar-refractivity contribution is 7.99. The Labute approximate surface area is 128 Å². The zero-order chi connectivity index (χ0) is 14.5. The predicted molar refractivity (Wildman–Crippen MR) is 81.0 cm³/mol. The van der Waals surface area contributed by atoms with Gasteiger partial charge in [-0.25, -0.2) is 4.68 Å². The second-order valence-electron chi connectivity index (χ2n) is 5.63. The van der Waals surface area contributed by atoms with E-state index in [9.17, 15) is 4.79 Å². The number of hydrogen-bond acceptors (Lipinski definition) is 5. The molecule has 2 aliphatic carbocycles. The number of amides is 1. The molecule has 6 nitrogen and oxygen atoms in total. The van der Waals surface area contributed by atoms with Crippen LogP contribution in [0.3, 0.4) is 0 Å². The van der Waals surface area contributed by atoms with Gasteiger partial charge in [-0.05, 0) is 55.4 Å². The molecule has 1 saturated carbocycles. The molecule has 2 aliphatic rings. The van der Waals surface area contributed by atoms with Crippen LogP contribution in [0.15, 0.2) is 16.8 Å². The van der Waals surface area contributed by atoms with Gasteiger partial charge in [0.05, 0.1) is 11.8 Å². The lowest BCUT2D eigenvalue weighted by molar-refractivity contribution is -0.118. The average molecular weight is 307 g/mol. The third-order valence-corrected chi connectivity index (χ3v) is 4.77. The lowest BCUT2D eigenvalue weighted by Crippen LogP contribution is -2.26. The van der Waals surface area contributed by atoms with E-state index in [1.54, 1.807) is 0 Å². The summed E-state index contributed by atoms with van der Waals surface area (Å²) in [6.45, 7) is 0.735. The Balaban J connectivity index is 1.36. The van der Waals surface area contributed by atoms with Crippen LogP contribution in [0, 0.1) is 0 Å². The summed E-state index contributed by atoms with van der Waals surface area (Å²) in [4.78, 5) is 11.8. The van der Waals surface area contributed by atoms with Gasteiger partial charge in [0.25, 0.3) is 0 Å². The minimum Gasteiger partial charge on any atom is -0.355 e. The van der Waals surface area contributed by atoms with E-state index in [2.05, 4.69) is 26.9 Å². The van der Waals surface area contributed by atoms with Crippen molar-refractivity contribution in [1.29, 1.82) is 0 Å². The lowest BCUT2D eigenvalue weighted by Gasteiger charge is -2.12. The second kappa shape index (κ2) is 7.06. The zero-order valence-corrected chi connectivity index (χ0v) is 12.9. The quantitative estimate of drug-likeness (QED) is 0.617. The third kappa shape index (κ3) is 4.30. The van der Waals surface area contributed by atoms with Gasteiger partial charge < -0.3 is 5.32 Å². The number of rotatable bonds is 7. The number of allylic oxidation sites excluding steroid dienone is 1. The van der Waals surface area contributed by atoms with E-state index in [-0.39, 0.29) is 5.91 Å². The van der Waals surface area contributed by atoms with Crippen LogP contribution in [0.2, 0.25) is 0 Å². The molecular formula is C14H21N5OS. The fraction of sp³-hybridized carbons (Fsp3) is 0.714. The second-order valence-corrected chi connectivity index (χ2v) is 6.58. The molecule has 1 N–H and O–H groups in total. The van der Waals surface area contributed by atoms with Crippen molar-refractivity contribution in [2.24, 2.45) is 0 Å². The van der Waals surface area contributed by atoms with Crippen LogP contribution in [0.1, 0.15) is 51.0 Å². The normalized spacial score (nSPS) is 18.4. The Morgan fingerprint density at radius 2 is 2.33 bits per heavy atom. The molecule has 1 amide bonds. The zero-order valence-electron chi connectivity index (χ0n) is 12.1. The van der Waals surface area contributed by atoms with Crippen molar-refractivity contribution in [2.45, 2.75) is 56.1 Å². The van der Waals surface area contributed by atoms with E-state index < -0.39 is 0 Å². The maximum Gasteiger partial charge on any atom is 0.230 e. The molecule has 0 aromatic carbocycles. The van der Waals surface area contributed by atoms with Gasteiger partial charge >= 0.3 is 0 Å². The molecule has 0 atom stereocenters. The Kier molecular flexibility index (Phi) is 4.90. The first kappa shape index (κ1) is 14.6. The first-order chi connectivity index (χ1) is 10.3. The van der Waals surface area contributed by atoms with Gasteiger partial charge in [-0.2, -0.15) is 0 Å². The number of hydrogen-bond donors (Lipinski definition) is 1. The van der Waals surface area contributed by atoms with Crippen molar-refractivity contribution in [3.05, 3.63) is 11.6 Å². The molecule has 1 fully saturated rings. The summed E-state index contributed by atoms with van der Waals surface area (Å²) in [5, 5.41) is 15.4. The highest BCUT2D eigenvalue weighted by Gasteiger charge is 2.28. The molecule has 1 aromatic heterocycles. The van der Waals surface area contributed by atoms with Gasteiger partial charge in [0.2, 0.25) is 11.1 Å². The minimum absolute atomic E-state index is 0.0572. The number of carbonyl (C=O) groups is 1. The molecule has 7 heteroatoms. The Bertz CT molecular complexity index is 523. The summed E-state index contributed by atoms with van der Waals surface area (Å²) >= 11 is 1.42. The maximum atomic E-state index is 11.8. The van der Waals surface area contributed by atoms with Crippen LogP contribution >= 0.6 is 11.8 Å². The molecule has 3 rings (SSSR count). The summed E-state index contributed by atoms with van der Waals surface area (Å²) < 4.78 is 1.84. The number of nitrogens with one attached hydrogen (secondary N) is 1. The fourth-order valence-corrected chi connectivity index (χ4v) is 3.28. The molecule has 1 aromatic rings. The number of aromatic nitrogens is 4. The highest BCUT2D eigenvalue weighted by atomic mass is 32.2. The number of tetrazole rings is 1. The standard InChI is InChI=1S/C14H21N5OS/c20-13(15-9-8-11-4-2-1-3-5-11)10-21-14-16-17-18-19(14)12-6-7-12/h4,12H,1-3,5-10H2,(H,15,20). The van der Waals surface area contributed by atoms with Crippen molar-refractivity contribution < 1.29 is 4.79 Å². The van der Waals surface area contributed by atoms with Crippen LogP contribution in [0.5, 0.6) is 0 Å². The molecule has 0 radical (unpaired) electrons. The van der Waals surface area contributed by atoms with E-state index in [4.69, 9.17) is 0 Å². The van der Waals surface area contributed by atoms with Crippen LogP contribution in [0.25, 0.3) is 0 Å². The number of carbonyl (C=O) groups excluding carboxylic acids is 1. The first-order valence-corrected chi connectivity index (χ1v) is 8.67. The largest absolute Gasteiger partial charge is 0.355 e. The highest BCUT2D eigenvalue weighted by Crippen LogP contribution is 2.36. The van der Waals surface area contributed by atoms with Gasteiger partial charge in [-0.15, -0.1) is 5.10 Å². The Morgan fingerprint density at radius 1 is 1.43 bits per heavy atom. The maximum absolute atomic E-state index is 11.8. The van der Waals surface area contributed by atoms with Crippen LogP contribution in [-0.4, -0.2) is 38.4 Å². The average Bonchev–Trinajstić information content (AvgIpc) is 3.25. The monoisotopic (exact) mass is 307 g/mol. The van der Waals surface area contributed by atoms with E-state index in [0.29, 0.717) is 11.8 Å². The van der Waals surface area contributed by atoms with Gasteiger partial charge in [0.15, 0.2) is 0 Å². The summed E-state index contributed by atoms with van der Waals surface area (Å²) in [7, 11) is 0. The smallest absolute Gasteiger partial charge is 0.230 e. The summed E-state index contributed by atoms with van der Waals surface area (Å²) in [5.41, 5.74) is 1.49. The molecule has 0 saturated heterocycles. The molecule has 0 bridgehead atoms. The van der Waals surface area contributed by atoms with Crippen LogP contribution in [0.4, 0.5) is 0 Å². The Morgan fingerprint density at radius 3 is 3.10 bits per heavy atom. The molecule has 0 unspecified atom stereocenters. The summed E-state index contributed by atoms with van der Waals surface area (Å²) in [6, 6.07) is 0.448. The SMILES string of the molecule is O=C(CSc1nnnn1C1CC1)NCCC1=CCCCC1. The fourth-order valence-electron chi connectivity index (χ4n) is 2.50. The van der Waals surface area contributed by atoms with Gasteiger partial charge in [0.1, 0.15) is 0 Å². The molecule has 0 aliphatic heterocycles. The third-order valence-electron chi connectivity index (χ3n) is 3.84. The predicted octanol–water partition coefficient (Wildman–Crippen LogP) is 2.11. The van der Waals surface area contributed by atoms with E-state index in [1.165, 1.54) is 43.0 Å². The molecule has 0 spiro atoms. The minimum atomic E-state index is 0.0572.